The maximum absolute atomic E-state index is 15.4. The van der Waals surface area contributed by atoms with Crippen LogP contribution in [0, 0.1) is 6.92 Å². The molecule has 5 rings (SSSR count). The molecule has 0 radical (unpaired) electrons. The zero-order valence-corrected chi connectivity index (χ0v) is 22.6. The Morgan fingerprint density at radius 3 is 2.79 bits per heavy atom. The lowest BCUT2D eigenvalue weighted by atomic mass is 9.92. The highest BCUT2D eigenvalue weighted by Gasteiger charge is 2.25. The number of nitrogens with one attached hydrogen (secondary N) is 1. The second-order valence-electron chi connectivity index (χ2n) is 9.05. The standard InChI is InChI=1S/C26H23Cl2FN4O4S/c1-15-32-23-10-19(7-8-24(23)37-15)38(35,36)14-25(34)30-12-22(29)20-4-2-3-16-11-31-33(26(16)20)13-17-5-6-18(27)9-21(17)28/h5-11H,2-4,12-14H2,1H3,(H,30,34)/b22-20-. The van der Waals surface area contributed by atoms with Gasteiger partial charge in [-0.1, -0.05) is 29.3 Å². The number of amides is 1. The van der Waals surface area contributed by atoms with Crippen molar-refractivity contribution in [3.8, 4) is 0 Å². The van der Waals surface area contributed by atoms with Crippen LogP contribution < -0.4 is 5.32 Å². The predicted octanol–water partition coefficient (Wildman–Crippen LogP) is 5.29. The first kappa shape index (κ1) is 26.4. The third-order valence-electron chi connectivity index (χ3n) is 6.32. The maximum atomic E-state index is 15.4. The third-order valence-corrected chi connectivity index (χ3v) is 8.52. The molecule has 0 spiro atoms. The van der Waals surface area contributed by atoms with Gasteiger partial charge < -0.3 is 9.73 Å². The van der Waals surface area contributed by atoms with E-state index in [1.807, 2.05) is 0 Å². The number of benzene rings is 2. The Bertz CT molecular complexity index is 1690. The zero-order valence-electron chi connectivity index (χ0n) is 20.3. The van der Waals surface area contributed by atoms with Gasteiger partial charge in [-0.3, -0.25) is 9.48 Å². The molecule has 0 saturated heterocycles. The lowest BCUT2D eigenvalue weighted by Gasteiger charge is -2.19. The molecule has 0 atom stereocenters. The van der Waals surface area contributed by atoms with E-state index < -0.39 is 33.9 Å². The Kier molecular flexibility index (Phi) is 7.30. The molecule has 2 aromatic heterocycles. The minimum atomic E-state index is -3.97. The fraction of sp³-hybridized carbons (Fsp3) is 0.269. The van der Waals surface area contributed by atoms with Crippen molar-refractivity contribution < 1.29 is 22.0 Å². The number of hydrogen-bond acceptors (Lipinski definition) is 6. The Morgan fingerprint density at radius 2 is 2.00 bits per heavy atom. The first-order valence-corrected chi connectivity index (χ1v) is 14.2. The molecule has 1 N–H and O–H groups in total. The molecule has 2 aromatic carbocycles. The number of sulfone groups is 1. The minimum Gasteiger partial charge on any atom is -0.441 e. The van der Waals surface area contributed by atoms with Crippen molar-refractivity contribution >= 4 is 55.6 Å². The molecule has 38 heavy (non-hydrogen) atoms. The van der Waals surface area contributed by atoms with Crippen LogP contribution in [0.1, 0.15) is 35.6 Å². The molecule has 198 valence electrons. The van der Waals surface area contributed by atoms with Crippen molar-refractivity contribution in [3.63, 3.8) is 0 Å². The average Bonchev–Trinajstić information content (AvgIpc) is 3.45. The number of carbonyl (C=O) groups is 1. The summed E-state index contributed by atoms with van der Waals surface area (Å²) in [6.45, 7) is 1.54. The Balaban J connectivity index is 1.31. The van der Waals surface area contributed by atoms with Gasteiger partial charge in [0, 0.05) is 22.5 Å². The quantitative estimate of drug-likeness (QED) is 0.320. The van der Waals surface area contributed by atoms with Crippen LogP contribution in [-0.4, -0.2) is 41.4 Å². The van der Waals surface area contributed by atoms with E-state index in [-0.39, 0.29) is 4.90 Å². The smallest absolute Gasteiger partial charge is 0.235 e. The van der Waals surface area contributed by atoms with Gasteiger partial charge in [0.1, 0.15) is 17.1 Å². The molecule has 0 bridgehead atoms. The number of nitrogens with zero attached hydrogens (tertiary/aromatic N) is 3. The second-order valence-corrected chi connectivity index (χ2v) is 11.9. The van der Waals surface area contributed by atoms with Crippen molar-refractivity contribution in [1.82, 2.24) is 20.1 Å². The van der Waals surface area contributed by atoms with E-state index in [1.165, 1.54) is 18.2 Å². The molecule has 8 nitrogen and oxygen atoms in total. The summed E-state index contributed by atoms with van der Waals surface area (Å²) in [7, 11) is -3.97. The number of carbonyl (C=O) groups excluding carboxylic acids is 1. The first-order valence-electron chi connectivity index (χ1n) is 11.8. The predicted molar refractivity (Wildman–Crippen MR) is 143 cm³/mol. The van der Waals surface area contributed by atoms with Crippen LogP contribution in [-0.2, 0) is 27.6 Å². The summed E-state index contributed by atoms with van der Waals surface area (Å²) in [5, 5.41) is 7.83. The minimum absolute atomic E-state index is 0.0611. The highest BCUT2D eigenvalue weighted by Crippen LogP contribution is 2.34. The van der Waals surface area contributed by atoms with Gasteiger partial charge in [0.15, 0.2) is 21.3 Å². The van der Waals surface area contributed by atoms with Crippen molar-refractivity contribution in [2.24, 2.45) is 0 Å². The largest absolute Gasteiger partial charge is 0.441 e. The van der Waals surface area contributed by atoms with Gasteiger partial charge in [-0.25, -0.2) is 17.8 Å². The lowest BCUT2D eigenvalue weighted by Crippen LogP contribution is -2.31. The van der Waals surface area contributed by atoms with E-state index in [9.17, 15) is 13.2 Å². The summed E-state index contributed by atoms with van der Waals surface area (Å²) in [6.07, 6.45) is 3.66. The van der Waals surface area contributed by atoms with E-state index in [1.54, 1.807) is 36.0 Å². The second kappa shape index (κ2) is 10.5. The number of oxazole rings is 1. The normalized spacial score (nSPS) is 14.9. The van der Waals surface area contributed by atoms with Gasteiger partial charge in [-0.05, 0) is 60.7 Å². The molecule has 0 fully saturated rings. The van der Waals surface area contributed by atoms with Gasteiger partial charge in [-0.15, -0.1) is 0 Å². The van der Waals surface area contributed by atoms with E-state index >= 15 is 4.39 Å². The zero-order chi connectivity index (χ0) is 27.0. The van der Waals surface area contributed by atoms with Crippen LogP contribution in [0.3, 0.4) is 0 Å². The number of hydrogen-bond donors (Lipinski definition) is 1. The van der Waals surface area contributed by atoms with E-state index in [0.29, 0.717) is 51.3 Å². The number of aryl methyl sites for hydroxylation is 2. The Labute approximate surface area is 228 Å². The summed E-state index contributed by atoms with van der Waals surface area (Å²) >= 11 is 12.3. The molecule has 12 heteroatoms. The summed E-state index contributed by atoms with van der Waals surface area (Å²) in [5.41, 5.74) is 3.60. The molecule has 1 aliphatic carbocycles. The highest BCUT2D eigenvalue weighted by atomic mass is 35.5. The van der Waals surface area contributed by atoms with Crippen molar-refractivity contribution in [1.29, 1.82) is 0 Å². The van der Waals surface area contributed by atoms with Gasteiger partial charge in [0.2, 0.25) is 5.91 Å². The monoisotopic (exact) mass is 576 g/mol. The van der Waals surface area contributed by atoms with Crippen LogP contribution in [0.2, 0.25) is 10.0 Å². The fourth-order valence-corrected chi connectivity index (χ4v) is 6.18. The average molecular weight is 577 g/mol. The molecular weight excluding hydrogens is 554 g/mol. The summed E-state index contributed by atoms with van der Waals surface area (Å²) in [6, 6.07) is 9.36. The van der Waals surface area contributed by atoms with E-state index in [4.69, 9.17) is 27.6 Å². The topological polar surface area (TPSA) is 107 Å². The summed E-state index contributed by atoms with van der Waals surface area (Å²) < 4.78 is 48.0. The van der Waals surface area contributed by atoms with Crippen molar-refractivity contribution in [3.05, 3.63) is 81.2 Å². The fourth-order valence-electron chi connectivity index (χ4n) is 4.53. The molecule has 2 heterocycles. The van der Waals surface area contributed by atoms with Gasteiger partial charge in [0.05, 0.1) is 29.9 Å². The van der Waals surface area contributed by atoms with Gasteiger partial charge in [-0.2, -0.15) is 5.10 Å². The number of aromatic nitrogens is 3. The Morgan fingerprint density at radius 1 is 1.18 bits per heavy atom. The van der Waals surface area contributed by atoms with Crippen molar-refractivity contribution in [2.45, 2.75) is 37.6 Å². The Hall–Kier alpha value is -3.21. The van der Waals surface area contributed by atoms with Crippen LogP contribution in [0.5, 0.6) is 0 Å². The van der Waals surface area contributed by atoms with Gasteiger partial charge >= 0.3 is 0 Å². The number of allylic oxidation sites excluding steroid dienone is 1. The SMILES string of the molecule is Cc1nc2cc(S(=O)(=O)CC(=O)NC/C(F)=C3\CCCc4cnn(Cc5ccc(Cl)cc5Cl)c43)ccc2o1. The molecule has 4 aromatic rings. The summed E-state index contributed by atoms with van der Waals surface area (Å²) in [5.74, 6) is -1.77. The number of fused-ring (bicyclic) bond motifs is 2. The molecule has 0 unspecified atom stereocenters. The van der Waals surface area contributed by atoms with Crippen LogP contribution >= 0.6 is 23.2 Å². The lowest BCUT2D eigenvalue weighted by molar-refractivity contribution is -0.118. The van der Waals surface area contributed by atoms with E-state index in [0.717, 1.165) is 24.0 Å². The molecule has 0 aliphatic heterocycles. The third kappa shape index (κ3) is 5.48. The van der Waals surface area contributed by atoms with Crippen molar-refractivity contribution in [2.75, 3.05) is 12.3 Å². The number of halogens is 3. The van der Waals surface area contributed by atoms with Gasteiger partial charge in [0.25, 0.3) is 0 Å². The maximum Gasteiger partial charge on any atom is 0.235 e. The van der Waals surface area contributed by atoms with Crippen LogP contribution in [0.15, 0.2) is 57.7 Å². The highest BCUT2D eigenvalue weighted by molar-refractivity contribution is 7.92. The molecule has 0 saturated carbocycles. The molecular formula is C26H23Cl2FN4O4S. The molecule has 1 amide bonds. The first-order chi connectivity index (χ1) is 18.1. The summed E-state index contributed by atoms with van der Waals surface area (Å²) in [4.78, 5) is 16.6. The van der Waals surface area contributed by atoms with Crippen LogP contribution in [0.25, 0.3) is 16.7 Å². The van der Waals surface area contributed by atoms with E-state index in [2.05, 4.69) is 15.4 Å². The van der Waals surface area contributed by atoms with Crippen LogP contribution in [0.4, 0.5) is 4.39 Å². The number of rotatable bonds is 7. The molecule has 1 aliphatic rings.